The van der Waals surface area contributed by atoms with Gasteiger partial charge in [-0.1, -0.05) is 24.3 Å². The van der Waals surface area contributed by atoms with Crippen LogP contribution in [0.1, 0.15) is 19.4 Å². The molecule has 36 heavy (non-hydrogen) atoms. The van der Waals surface area contributed by atoms with Gasteiger partial charge in [-0.05, 0) is 43.7 Å². The molecular formula is C27H25N5O4. The van der Waals surface area contributed by atoms with Crippen molar-refractivity contribution in [2.75, 3.05) is 10.3 Å². The Hall–Kier alpha value is -4.37. The zero-order valence-electron chi connectivity index (χ0n) is 19.8. The Balaban J connectivity index is 1.41. The molecule has 2 aromatic carbocycles. The molecule has 2 unspecified atom stereocenters. The van der Waals surface area contributed by atoms with Crippen molar-refractivity contribution >= 4 is 33.9 Å². The number of carboxylic acids is 1. The third kappa shape index (κ3) is 4.25. The van der Waals surface area contributed by atoms with Crippen molar-refractivity contribution in [3.05, 3.63) is 99.2 Å². The smallest absolute Gasteiger partial charge is 0.328 e. The Kier molecular flexibility index (Phi) is 6.07. The van der Waals surface area contributed by atoms with Gasteiger partial charge >= 0.3 is 5.97 Å². The minimum absolute atomic E-state index is 0.115. The molecular weight excluding hydrogens is 458 g/mol. The number of fused-ring (bicyclic) bond motifs is 1. The molecule has 1 aliphatic heterocycles. The summed E-state index contributed by atoms with van der Waals surface area (Å²) in [6.45, 7) is 3.85. The maximum atomic E-state index is 12.4. The number of pyridine rings is 2. The number of hydrogen-bond acceptors (Lipinski definition) is 8. The van der Waals surface area contributed by atoms with Gasteiger partial charge in [0, 0.05) is 59.6 Å². The van der Waals surface area contributed by atoms with E-state index in [1.165, 1.54) is 11.1 Å². The van der Waals surface area contributed by atoms with E-state index in [1.54, 1.807) is 18.6 Å². The van der Waals surface area contributed by atoms with Gasteiger partial charge in [-0.3, -0.25) is 19.6 Å². The minimum atomic E-state index is -1.08. The highest BCUT2D eigenvalue weighted by molar-refractivity contribution is 5.92. The second-order valence-electron chi connectivity index (χ2n) is 8.95. The van der Waals surface area contributed by atoms with Gasteiger partial charge < -0.3 is 10.4 Å². The van der Waals surface area contributed by atoms with Crippen LogP contribution < -0.4 is 21.2 Å². The van der Waals surface area contributed by atoms with Crippen LogP contribution in [0.15, 0.2) is 82.8 Å². The Morgan fingerprint density at radius 3 is 2.44 bits per heavy atom. The molecule has 2 aromatic heterocycles. The number of carbonyl (C=O) groups is 1. The van der Waals surface area contributed by atoms with Gasteiger partial charge in [-0.25, -0.2) is 14.8 Å². The van der Waals surface area contributed by atoms with Crippen molar-refractivity contribution in [3.8, 4) is 0 Å². The van der Waals surface area contributed by atoms with E-state index < -0.39 is 22.9 Å². The monoisotopic (exact) mass is 483 g/mol. The molecule has 182 valence electrons. The number of hydrogen-bond donors (Lipinski definition) is 2. The SMILES string of the molecule is CC1C=CC(C)N1N(c1cc(=O)c1=O)[C@@H](Cc1ccc(Nc2nccc3cnccc23)cc1)C(=O)O. The van der Waals surface area contributed by atoms with Crippen LogP contribution in [0.3, 0.4) is 0 Å². The predicted molar refractivity (Wildman–Crippen MR) is 138 cm³/mol. The summed E-state index contributed by atoms with van der Waals surface area (Å²) in [6, 6.07) is 11.1. The van der Waals surface area contributed by atoms with Gasteiger partial charge in [-0.15, -0.1) is 0 Å². The molecule has 4 aromatic rings. The van der Waals surface area contributed by atoms with E-state index in [2.05, 4.69) is 15.3 Å². The molecule has 9 nitrogen and oxygen atoms in total. The molecule has 2 N–H and O–H groups in total. The molecule has 1 aliphatic rings. The van der Waals surface area contributed by atoms with E-state index in [-0.39, 0.29) is 24.2 Å². The summed E-state index contributed by atoms with van der Waals surface area (Å²) in [5.41, 5.74) is 0.418. The van der Waals surface area contributed by atoms with Gasteiger partial charge in [0.25, 0.3) is 0 Å². The number of rotatable bonds is 8. The van der Waals surface area contributed by atoms with Crippen LogP contribution in [0.4, 0.5) is 17.2 Å². The first-order valence-corrected chi connectivity index (χ1v) is 11.7. The number of nitrogens with one attached hydrogen (secondary N) is 1. The van der Waals surface area contributed by atoms with Gasteiger partial charge in [-0.2, -0.15) is 0 Å². The summed E-state index contributed by atoms with van der Waals surface area (Å²) in [4.78, 5) is 45.0. The lowest BCUT2D eigenvalue weighted by Crippen LogP contribution is -2.60. The Labute approximate surface area is 207 Å². The number of nitrogens with zero attached hydrogens (tertiary/aromatic N) is 4. The Morgan fingerprint density at radius 1 is 1.08 bits per heavy atom. The van der Waals surface area contributed by atoms with Crippen LogP contribution in [0, 0.1) is 0 Å². The molecule has 0 fully saturated rings. The predicted octanol–water partition coefficient (Wildman–Crippen LogP) is 3.04. The summed E-state index contributed by atoms with van der Waals surface area (Å²) >= 11 is 0. The fourth-order valence-electron chi connectivity index (χ4n) is 4.67. The fourth-order valence-corrected chi connectivity index (χ4v) is 4.67. The number of aliphatic carboxylic acids is 1. The molecule has 9 heteroatoms. The number of aromatic nitrogens is 2. The summed E-state index contributed by atoms with van der Waals surface area (Å²) in [5.74, 6) is -0.382. The largest absolute Gasteiger partial charge is 0.480 e. The average Bonchev–Trinajstić information content (AvgIpc) is 3.21. The van der Waals surface area contributed by atoms with Gasteiger partial charge in [0.1, 0.15) is 17.5 Å². The first-order valence-electron chi connectivity index (χ1n) is 11.7. The molecule has 0 bridgehead atoms. The van der Waals surface area contributed by atoms with Crippen LogP contribution >= 0.6 is 0 Å². The molecule has 0 aliphatic carbocycles. The minimum Gasteiger partial charge on any atom is -0.480 e. The number of anilines is 3. The van der Waals surface area contributed by atoms with E-state index in [1.807, 2.05) is 67.4 Å². The van der Waals surface area contributed by atoms with E-state index in [0.29, 0.717) is 5.82 Å². The Morgan fingerprint density at radius 2 is 1.81 bits per heavy atom. The Bertz CT molecular complexity index is 1510. The van der Waals surface area contributed by atoms with Gasteiger partial charge in [0.15, 0.2) is 0 Å². The third-order valence-electron chi connectivity index (χ3n) is 6.51. The number of carboxylic acid groups (broad SMARTS) is 1. The topological polar surface area (TPSA) is 116 Å². The first kappa shape index (κ1) is 23.4. The highest BCUT2D eigenvalue weighted by Gasteiger charge is 2.39. The van der Waals surface area contributed by atoms with Crippen molar-refractivity contribution in [2.24, 2.45) is 0 Å². The van der Waals surface area contributed by atoms with Crippen molar-refractivity contribution in [2.45, 2.75) is 38.4 Å². The second-order valence-corrected chi connectivity index (χ2v) is 8.95. The lowest BCUT2D eigenvalue weighted by Gasteiger charge is -2.43. The normalized spacial score (nSPS) is 18.5. The standard InChI is InChI=1S/C27H25N5O4/c1-16-3-4-17(2)31(16)32(22-14-24(33)25(22)34)23(27(35)36)13-18-5-7-20(8-6-18)30-26-21-10-11-28-15-19(21)9-12-29-26/h3-12,14-17,23H,13H2,1-2H3,(H,29,30)(H,35,36)/t16?,17?,23-/m0/s1. The zero-order valence-corrected chi connectivity index (χ0v) is 19.8. The third-order valence-corrected chi connectivity index (χ3v) is 6.51. The van der Waals surface area contributed by atoms with Crippen LogP contribution in [-0.2, 0) is 11.2 Å². The zero-order chi connectivity index (χ0) is 25.4. The molecule has 0 spiro atoms. The van der Waals surface area contributed by atoms with E-state index in [9.17, 15) is 19.5 Å². The first-order chi connectivity index (χ1) is 17.3. The number of hydrazine groups is 1. The van der Waals surface area contributed by atoms with Crippen LogP contribution in [0.25, 0.3) is 10.8 Å². The summed E-state index contributed by atoms with van der Waals surface area (Å²) in [7, 11) is 0. The van der Waals surface area contributed by atoms with Gasteiger partial charge in [0.2, 0.25) is 10.9 Å². The molecule has 5 rings (SSSR count). The molecule has 0 saturated carbocycles. The lowest BCUT2D eigenvalue weighted by atomic mass is 10.0. The molecule has 0 radical (unpaired) electrons. The number of benzene rings is 1. The fraction of sp³-hybridized carbons (Fsp3) is 0.222. The van der Waals surface area contributed by atoms with E-state index >= 15 is 0 Å². The highest BCUT2D eigenvalue weighted by atomic mass is 16.4. The van der Waals surface area contributed by atoms with Crippen molar-refractivity contribution < 1.29 is 9.90 Å². The molecule has 3 heterocycles. The van der Waals surface area contributed by atoms with Crippen LogP contribution in [-0.4, -0.2) is 44.2 Å². The van der Waals surface area contributed by atoms with Crippen molar-refractivity contribution in [3.63, 3.8) is 0 Å². The quantitative estimate of drug-likeness (QED) is 0.288. The van der Waals surface area contributed by atoms with Crippen LogP contribution in [0.5, 0.6) is 0 Å². The van der Waals surface area contributed by atoms with Crippen molar-refractivity contribution in [1.82, 2.24) is 15.0 Å². The molecule has 0 saturated heterocycles. The average molecular weight is 484 g/mol. The maximum Gasteiger partial charge on any atom is 0.328 e. The maximum absolute atomic E-state index is 12.4. The molecule has 3 atom stereocenters. The molecule has 0 amide bonds. The van der Waals surface area contributed by atoms with Crippen molar-refractivity contribution in [1.29, 1.82) is 0 Å². The lowest BCUT2D eigenvalue weighted by molar-refractivity contribution is -0.139. The highest BCUT2D eigenvalue weighted by Crippen LogP contribution is 2.28. The van der Waals surface area contributed by atoms with Crippen LogP contribution in [0.2, 0.25) is 0 Å². The summed E-state index contributed by atoms with van der Waals surface area (Å²) < 4.78 is 0. The van der Waals surface area contributed by atoms with E-state index in [0.717, 1.165) is 22.0 Å². The second kappa shape index (κ2) is 9.35. The van der Waals surface area contributed by atoms with E-state index in [4.69, 9.17) is 0 Å². The summed E-state index contributed by atoms with van der Waals surface area (Å²) in [6.07, 6.45) is 9.26. The summed E-state index contributed by atoms with van der Waals surface area (Å²) in [5, 5.41) is 18.7. The van der Waals surface area contributed by atoms with Gasteiger partial charge in [0.05, 0.1) is 0 Å².